The molecule has 35 heavy (non-hydrogen) atoms. The van der Waals surface area contributed by atoms with Gasteiger partial charge >= 0.3 is 0 Å². The van der Waals surface area contributed by atoms with Crippen LogP contribution in [0.4, 0.5) is 0 Å². The van der Waals surface area contributed by atoms with Gasteiger partial charge in [-0.3, -0.25) is 9.78 Å². The van der Waals surface area contributed by atoms with Crippen molar-refractivity contribution in [2.24, 2.45) is 7.05 Å². The Morgan fingerprint density at radius 3 is 2.63 bits per heavy atom. The van der Waals surface area contributed by atoms with E-state index < -0.39 is 0 Å². The molecule has 1 fully saturated rings. The molecule has 1 aliphatic rings. The first-order chi connectivity index (χ1) is 17.0. The molecule has 7 heteroatoms. The first kappa shape index (κ1) is 23.2. The number of aryl methyl sites for hydroxylation is 1. The average Bonchev–Trinajstić information content (AvgIpc) is 3.30. The van der Waals surface area contributed by atoms with Crippen molar-refractivity contribution in [1.82, 2.24) is 24.4 Å². The van der Waals surface area contributed by atoms with Gasteiger partial charge in [-0.25, -0.2) is 9.97 Å². The predicted octanol–water partition coefficient (Wildman–Crippen LogP) is 4.71. The summed E-state index contributed by atoms with van der Waals surface area (Å²) in [4.78, 5) is 28.6. The van der Waals surface area contributed by atoms with Crippen LogP contribution in [0.25, 0.3) is 22.0 Å². The number of hydrogen-bond donors (Lipinski definition) is 0. The highest BCUT2D eigenvalue weighted by Gasteiger charge is 2.22. The van der Waals surface area contributed by atoms with Gasteiger partial charge in [0.05, 0.1) is 24.6 Å². The number of aromatic nitrogens is 4. The van der Waals surface area contributed by atoms with E-state index in [1.807, 2.05) is 36.1 Å². The van der Waals surface area contributed by atoms with Crippen LogP contribution >= 0.6 is 0 Å². The Balaban J connectivity index is 1.28. The van der Waals surface area contributed by atoms with E-state index in [2.05, 4.69) is 45.8 Å². The third-order valence-corrected chi connectivity index (χ3v) is 6.78. The maximum Gasteiger partial charge on any atom is 0.214 e. The van der Waals surface area contributed by atoms with Crippen molar-refractivity contribution >= 4 is 16.6 Å². The van der Waals surface area contributed by atoms with Gasteiger partial charge in [-0.1, -0.05) is 12.1 Å². The van der Waals surface area contributed by atoms with E-state index in [-0.39, 0.29) is 18.3 Å². The monoisotopic (exact) mass is 469 g/mol. The van der Waals surface area contributed by atoms with E-state index in [9.17, 15) is 4.79 Å². The van der Waals surface area contributed by atoms with Crippen molar-refractivity contribution in [3.8, 4) is 17.1 Å². The van der Waals surface area contributed by atoms with Crippen LogP contribution in [-0.2, 0) is 13.5 Å². The van der Waals surface area contributed by atoms with Crippen LogP contribution in [0.1, 0.15) is 42.7 Å². The molecule has 0 bridgehead atoms. The molecule has 0 amide bonds. The average molecular weight is 470 g/mol. The molecule has 4 heterocycles. The highest BCUT2D eigenvalue weighted by atomic mass is 16.5. The van der Waals surface area contributed by atoms with E-state index >= 15 is 0 Å². The topological polar surface area (TPSA) is 73.1 Å². The molecule has 180 valence electrons. The lowest BCUT2D eigenvalue weighted by molar-refractivity contribution is 0.0809. The van der Waals surface area contributed by atoms with Gasteiger partial charge in [0, 0.05) is 66.8 Å². The molecular formula is C28H31N5O2. The normalized spacial score (nSPS) is 15.1. The molecule has 0 unspecified atom stereocenters. The molecule has 7 nitrogen and oxygen atoms in total. The number of nitrogens with zero attached hydrogens (tertiary/aromatic N) is 5. The summed E-state index contributed by atoms with van der Waals surface area (Å²) >= 11 is 0. The van der Waals surface area contributed by atoms with E-state index in [1.54, 1.807) is 24.7 Å². The molecule has 1 aromatic carbocycles. The Morgan fingerprint density at radius 1 is 1.06 bits per heavy atom. The van der Waals surface area contributed by atoms with Gasteiger partial charge < -0.3 is 14.2 Å². The van der Waals surface area contributed by atoms with Crippen LogP contribution in [0.15, 0.2) is 61.3 Å². The Kier molecular flexibility index (Phi) is 6.59. The van der Waals surface area contributed by atoms with Gasteiger partial charge in [-0.15, -0.1) is 0 Å². The molecule has 0 saturated carbocycles. The maximum absolute atomic E-state index is 13.1. The molecular weight excluding hydrogens is 438 g/mol. The molecule has 0 aliphatic carbocycles. The molecule has 0 atom stereocenters. The number of carbonyl (C=O) groups excluding carboxylic acids is 1. The fourth-order valence-electron chi connectivity index (χ4n) is 4.67. The summed E-state index contributed by atoms with van der Waals surface area (Å²) in [5.41, 5.74) is 3.46. The van der Waals surface area contributed by atoms with Crippen molar-refractivity contribution < 1.29 is 9.53 Å². The number of Topliss-reactive ketones (excluding diaryl/α,β-unsaturated/α-hetero) is 1. The minimum absolute atomic E-state index is 0.00140. The highest BCUT2D eigenvalue weighted by Crippen LogP contribution is 2.25. The summed E-state index contributed by atoms with van der Waals surface area (Å²) in [5.74, 6) is 0.521. The number of ether oxygens (including phenoxy) is 1. The minimum Gasteiger partial charge on any atom is -0.474 e. The third kappa shape index (κ3) is 5.25. The van der Waals surface area contributed by atoms with Crippen LogP contribution in [0, 0.1) is 0 Å². The molecule has 0 radical (unpaired) electrons. The molecule has 3 aromatic heterocycles. The summed E-state index contributed by atoms with van der Waals surface area (Å²) in [6, 6.07) is 12.3. The summed E-state index contributed by atoms with van der Waals surface area (Å²) in [6.45, 7) is 6.50. The van der Waals surface area contributed by atoms with E-state index in [4.69, 9.17) is 4.74 Å². The number of imidazole rings is 1. The number of benzene rings is 1. The molecule has 0 spiro atoms. The Morgan fingerprint density at radius 2 is 1.89 bits per heavy atom. The highest BCUT2D eigenvalue weighted by molar-refractivity contribution is 5.98. The second-order valence-electron chi connectivity index (χ2n) is 9.56. The first-order valence-electron chi connectivity index (χ1n) is 12.2. The lowest BCUT2D eigenvalue weighted by Gasteiger charge is -2.34. The fourth-order valence-corrected chi connectivity index (χ4v) is 4.67. The van der Waals surface area contributed by atoms with E-state index in [0.29, 0.717) is 17.5 Å². The number of hydrogen-bond acceptors (Lipinski definition) is 6. The number of rotatable bonds is 7. The number of ketones is 1. The molecule has 1 aliphatic heterocycles. The second kappa shape index (κ2) is 9.96. The van der Waals surface area contributed by atoms with Crippen molar-refractivity contribution in [3.63, 3.8) is 0 Å². The van der Waals surface area contributed by atoms with Crippen molar-refractivity contribution in [2.45, 2.75) is 45.3 Å². The lowest BCUT2D eigenvalue weighted by Crippen LogP contribution is -2.41. The van der Waals surface area contributed by atoms with E-state index in [1.165, 1.54) is 0 Å². The smallest absolute Gasteiger partial charge is 0.214 e. The fraction of sp³-hybridized carbons (Fsp3) is 0.357. The van der Waals surface area contributed by atoms with Crippen LogP contribution in [0.5, 0.6) is 5.88 Å². The number of pyridine rings is 2. The van der Waals surface area contributed by atoms with Gasteiger partial charge in [-0.05, 0) is 50.3 Å². The van der Waals surface area contributed by atoms with Gasteiger partial charge in [0.1, 0.15) is 6.10 Å². The Bertz CT molecular complexity index is 1340. The zero-order chi connectivity index (χ0) is 24.4. The SMILES string of the molecule is CC(C)N1CCC(Oc2cc(C(=O)Cc3cc4cc(-c5cncn5C)ccc4cn3)ccn2)CC1. The van der Waals surface area contributed by atoms with Crippen molar-refractivity contribution in [3.05, 3.63) is 72.6 Å². The molecule has 1 saturated heterocycles. The van der Waals surface area contributed by atoms with Gasteiger partial charge in [0.15, 0.2) is 5.78 Å². The third-order valence-electron chi connectivity index (χ3n) is 6.78. The molecule has 4 aromatic rings. The summed E-state index contributed by atoms with van der Waals surface area (Å²) in [6.07, 6.45) is 9.43. The zero-order valence-corrected chi connectivity index (χ0v) is 20.5. The maximum atomic E-state index is 13.1. The Labute approximate surface area is 205 Å². The first-order valence-corrected chi connectivity index (χ1v) is 12.2. The second-order valence-corrected chi connectivity index (χ2v) is 9.56. The standard InChI is InChI=1S/C28H31N5O2/c1-19(2)33-10-7-25(8-11-33)35-28-14-21(6-9-30-28)27(34)15-24-13-23-12-20(4-5-22(23)16-31-24)26-17-29-18-32(26)3/h4-6,9,12-14,16-19,25H,7-8,10-11,15H2,1-3H3. The van der Waals surface area contributed by atoms with Crippen LogP contribution in [0.2, 0.25) is 0 Å². The number of likely N-dealkylation sites (tertiary alicyclic amines) is 1. The quantitative estimate of drug-likeness (QED) is 0.365. The van der Waals surface area contributed by atoms with Crippen LogP contribution in [-0.4, -0.2) is 55.4 Å². The number of piperidine rings is 1. The van der Waals surface area contributed by atoms with E-state index in [0.717, 1.165) is 53.7 Å². The summed E-state index contributed by atoms with van der Waals surface area (Å²) in [5, 5.41) is 2.09. The van der Waals surface area contributed by atoms with Gasteiger partial charge in [0.2, 0.25) is 5.88 Å². The van der Waals surface area contributed by atoms with Crippen molar-refractivity contribution in [1.29, 1.82) is 0 Å². The zero-order valence-electron chi connectivity index (χ0n) is 20.5. The van der Waals surface area contributed by atoms with Crippen LogP contribution in [0.3, 0.4) is 0 Å². The molecule has 0 N–H and O–H groups in total. The van der Waals surface area contributed by atoms with Gasteiger partial charge in [-0.2, -0.15) is 0 Å². The summed E-state index contributed by atoms with van der Waals surface area (Å²) < 4.78 is 8.12. The molecule has 5 rings (SSSR count). The van der Waals surface area contributed by atoms with Gasteiger partial charge in [0.25, 0.3) is 0 Å². The number of fused-ring (bicyclic) bond motifs is 1. The Hall–Kier alpha value is -3.58. The number of carbonyl (C=O) groups is 1. The summed E-state index contributed by atoms with van der Waals surface area (Å²) in [7, 11) is 1.98. The predicted molar refractivity (Wildman–Crippen MR) is 137 cm³/mol. The minimum atomic E-state index is 0.00140. The van der Waals surface area contributed by atoms with Crippen molar-refractivity contribution in [2.75, 3.05) is 13.1 Å². The largest absolute Gasteiger partial charge is 0.474 e. The lowest BCUT2D eigenvalue weighted by atomic mass is 10.0. The van der Waals surface area contributed by atoms with Crippen LogP contribution < -0.4 is 4.74 Å².